The first kappa shape index (κ1) is 9.13. The lowest BCUT2D eigenvalue weighted by Crippen LogP contribution is -2.38. The van der Waals surface area contributed by atoms with Crippen molar-refractivity contribution in [2.24, 2.45) is 11.8 Å². The first-order valence-electron chi connectivity index (χ1n) is 5.84. The van der Waals surface area contributed by atoms with Crippen molar-refractivity contribution in [2.75, 3.05) is 13.1 Å². The summed E-state index contributed by atoms with van der Waals surface area (Å²) in [7, 11) is 0. The van der Waals surface area contributed by atoms with E-state index >= 15 is 0 Å². The molecule has 3 unspecified atom stereocenters. The Hall–Kier alpha value is -0.120. The van der Waals surface area contributed by atoms with Gasteiger partial charge in [0.2, 0.25) is 0 Å². The van der Waals surface area contributed by atoms with Gasteiger partial charge in [-0.2, -0.15) is 0 Å². The van der Waals surface area contributed by atoms with Crippen molar-refractivity contribution in [2.45, 2.75) is 43.9 Å². The molecule has 3 fully saturated rings. The van der Waals surface area contributed by atoms with E-state index in [0.717, 1.165) is 11.8 Å². The van der Waals surface area contributed by atoms with Crippen LogP contribution in [0, 0.1) is 11.8 Å². The van der Waals surface area contributed by atoms with E-state index in [2.05, 4.69) is 4.90 Å². The highest BCUT2D eigenvalue weighted by molar-refractivity contribution is 4.98. The zero-order valence-electron chi connectivity index (χ0n) is 8.47. The van der Waals surface area contributed by atoms with E-state index in [9.17, 15) is 10.2 Å². The van der Waals surface area contributed by atoms with E-state index in [1.54, 1.807) is 0 Å². The summed E-state index contributed by atoms with van der Waals surface area (Å²) in [5, 5.41) is 19.0. The third kappa shape index (κ3) is 1.30. The summed E-state index contributed by atoms with van der Waals surface area (Å²) < 4.78 is 0. The van der Waals surface area contributed by atoms with Crippen molar-refractivity contribution in [3.05, 3.63) is 0 Å². The molecule has 14 heavy (non-hydrogen) atoms. The van der Waals surface area contributed by atoms with Gasteiger partial charge in [-0.25, -0.2) is 0 Å². The van der Waals surface area contributed by atoms with Crippen LogP contribution in [-0.4, -0.2) is 46.5 Å². The average molecular weight is 197 g/mol. The lowest BCUT2D eigenvalue weighted by atomic mass is 9.94. The summed E-state index contributed by atoms with van der Waals surface area (Å²) in [5.74, 6) is 1.80. The minimum Gasteiger partial charge on any atom is -0.389 e. The van der Waals surface area contributed by atoms with Crippen LogP contribution in [0.2, 0.25) is 0 Å². The molecule has 2 saturated carbocycles. The standard InChI is InChI=1S/C11H19NO2/c13-10-5-12(6-11(10)14)9-4-7-1-2-8(9)3-7/h7-11,13-14H,1-6H2/t7?,8?,9?,10-,11+. The van der Waals surface area contributed by atoms with Crippen molar-refractivity contribution >= 4 is 0 Å². The van der Waals surface area contributed by atoms with E-state index in [1.807, 2.05) is 0 Å². The molecule has 3 aliphatic rings. The van der Waals surface area contributed by atoms with Gasteiger partial charge in [-0.1, -0.05) is 6.42 Å². The number of hydrogen-bond donors (Lipinski definition) is 2. The van der Waals surface area contributed by atoms with E-state index in [-0.39, 0.29) is 0 Å². The Labute approximate surface area is 84.7 Å². The molecule has 2 bridgehead atoms. The van der Waals surface area contributed by atoms with Crippen LogP contribution in [-0.2, 0) is 0 Å². The zero-order valence-corrected chi connectivity index (χ0v) is 8.47. The summed E-state index contributed by atoms with van der Waals surface area (Å²) in [4.78, 5) is 2.32. The molecule has 3 heteroatoms. The summed E-state index contributed by atoms with van der Waals surface area (Å²) in [6.45, 7) is 1.38. The summed E-state index contributed by atoms with van der Waals surface area (Å²) in [6, 6.07) is 0.667. The highest BCUT2D eigenvalue weighted by Crippen LogP contribution is 2.47. The summed E-state index contributed by atoms with van der Waals surface area (Å²) in [5.41, 5.74) is 0. The maximum atomic E-state index is 9.51. The molecule has 1 saturated heterocycles. The van der Waals surface area contributed by atoms with E-state index in [4.69, 9.17) is 0 Å². The maximum Gasteiger partial charge on any atom is 0.0938 e. The van der Waals surface area contributed by atoms with Gasteiger partial charge in [0.25, 0.3) is 0 Å². The van der Waals surface area contributed by atoms with Gasteiger partial charge in [0.15, 0.2) is 0 Å². The van der Waals surface area contributed by atoms with Gasteiger partial charge in [0, 0.05) is 19.1 Å². The molecule has 0 aromatic heterocycles. The highest BCUT2D eigenvalue weighted by atomic mass is 16.3. The van der Waals surface area contributed by atoms with Crippen LogP contribution >= 0.6 is 0 Å². The molecule has 80 valence electrons. The van der Waals surface area contributed by atoms with Gasteiger partial charge in [0.05, 0.1) is 12.2 Å². The molecule has 0 radical (unpaired) electrons. The minimum absolute atomic E-state index is 0.505. The zero-order chi connectivity index (χ0) is 9.71. The van der Waals surface area contributed by atoms with Crippen LogP contribution in [0.4, 0.5) is 0 Å². The molecule has 3 rings (SSSR count). The molecular weight excluding hydrogens is 178 g/mol. The fourth-order valence-corrected chi connectivity index (χ4v) is 3.73. The number of β-amino-alcohol motifs (C(OH)–C–C–N with tert-alkyl or cyclic N) is 2. The maximum absolute atomic E-state index is 9.51. The van der Waals surface area contributed by atoms with Crippen LogP contribution in [0.3, 0.4) is 0 Å². The number of aliphatic hydroxyl groups is 2. The number of fused-ring (bicyclic) bond motifs is 2. The number of hydrogen-bond acceptors (Lipinski definition) is 3. The lowest BCUT2D eigenvalue weighted by molar-refractivity contribution is 0.0572. The Morgan fingerprint density at radius 2 is 1.64 bits per heavy atom. The van der Waals surface area contributed by atoms with E-state index in [1.165, 1.54) is 25.7 Å². The van der Waals surface area contributed by atoms with Crippen LogP contribution in [0.1, 0.15) is 25.7 Å². The first-order valence-corrected chi connectivity index (χ1v) is 5.84. The molecule has 5 atom stereocenters. The second-order valence-electron chi connectivity index (χ2n) is 5.33. The topological polar surface area (TPSA) is 43.7 Å². The first-order chi connectivity index (χ1) is 6.74. The molecule has 2 aliphatic carbocycles. The molecule has 0 amide bonds. The van der Waals surface area contributed by atoms with Crippen LogP contribution < -0.4 is 0 Å². The van der Waals surface area contributed by atoms with Crippen molar-refractivity contribution in [3.8, 4) is 0 Å². The second kappa shape index (κ2) is 3.19. The molecular formula is C11H19NO2. The predicted octanol–water partition coefficient (Wildman–Crippen LogP) is 0.212. The quantitative estimate of drug-likeness (QED) is 0.631. The predicted molar refractivity (Wildman–Crippen MR) is 52.8 cm³/mol. The number of rotatable bonds is 1. The van der Waals surface area contributed by atoms with Gasteiger partial charge < -0.3 is 10.2 Å². The van der Waals surface area contributed by atoms with Crippen LogP contribution in [0.25, 0.3) is 0 Å². The minimum atomic E-state index is -0.505. The SMILES string of the molecule is O[C@@H]1CN(C2CC3CCC2C3)C[C@@H]1O. The summed E-state index contributed by atoms with van der Waals surface area (Å²) >= 11 is 0. The summed E-state index contributed by atoms with van der Waals surface area (Å²) in [6.07, 6.45) is 4.48. The molecule has 0 spiro atoms. The molecule has 0 aromatic carbocycles. The number of nitrogens with zero attached hydrogens (tertiary/aromatic N) is 1. The van der Waals surface area contributed by atoms with E-state index < -0.39 is 12.2 Å². The third-order valence-electron chi connectivity index (χ3n) is 4.46. The average Bonchev–Trinajstić information content (AvgIpc) is 2.82. The van der Waals surface area contributed by atoms with Gasteiger partial charge in [-0.3, -0.25) is 4.90 Å². The number of likely N-dealkylation sites (tertiary alicyclic amines) is 1. The Balaban J connectivity index is 1.67. The van der Waals surface area contributed by atoms with Gasteiger partial charge in [0.1, 0.15) is 0 Å². The molecule has 2 N–H and O–H groups in total. The molecule has 0 aromatic rings. The molecule has 1 heterocycles. The fraction of sp³-hybridized carbons (Fsp3) is 1.00. The van der Waals surface area contributed by atoms with Gasteiger partial charge >= 0.3 is 0 Å². The Bertz CT molecular complexity index is 223. The van der Waals surface area contributed by atoms with Gasteiger partial charge in [-0.05, 0) is 31.1 Å². The van der Waals surface area contributed by atoms with Crippen LogP contribution in [0.15, 0.2) is 0 Å². The lowest BCUT2D eigenvalue weighted by Gasteiger charge is -2.30. The van der Waals surface area contributed by atoms with Gasteiger partial charge in [-0.15, -0.1) is 0 Å². The number of aliphatic hydroxyl groups excluding tert-OH is 2. The smallest absolute Gasteiger partial charge is 0.0938 e. The molecule has 1 aliphatic heterocycles. The monoisotopic (exact) mass is 197 g/mol. The van der Waals surface area contributed by atoms with Crippen molar-refractivity contribution < 1.29 is 10.2 Å². The van der Waals surface area contributed by atoms with Crippen molar-refractivity contribution in [1.82, 2.24) is 4.90 Å². The molecule has 3 nitrogen and oxygen atoms in total. The Kier molecular flexibility index (Phi) is 2.08. The fourth-order valence-electron chi connectivity index (χ4n) is 3.73. The third-order valence-corrected chi connectivity index (χ3v) is 4.46. The largest absolute Gasteiger partial charge is 0.389 e. The Morgan fingerprint density at radius 1 is 0.929 bits per heavy atom. The second-order valence-corrected chi connectivity index (χ2v) is 5.33. The van der Waals surface area contributed by atoms with E-state index in [0.29, 0.717) is 19.1 Å². The van der Waals surface area contributed by atoms with Crippen molar-refractivity contribution in [1.29, 1.82) is 0 Å². The van der Waals surface area contributed by atoms with Crippen molar-refractivity contribution in [3.63, 3.8) is 0 Å². The highest BCUT2D eigenvalue weighted by Gasteiger charge is 2.45. The normalized spacial score (nSPS) is 53.1. The Morgan fingerprint density at radius 3 is 2.14 bits per heavy atom. The van der Waals surface area contributed by atoms with Crippen LogP contribution in [0.5, 0.6) is 0 Å².